The van der Waals surface area contributed by atoms with E-state index in [0.717, 1.165) is 4.47 Å². The molecule has 1 aromatic rings. The second kappa shape index (κ2) is 3.73. The van der Waals surface area contributed by atoms with E-state index in [1.54, 1.807) is 6.07 Å². The molecule has 0 fully saturated rings. The van der Waals surface area contributed by atoms with Crippen LogP contribution in [0.5, 0.6) is 5.06 Å². The number of ether oxygens (including phenoxy) is 2. The molecule has 0 unspecified atom stereocenters. The van der Waals surface area contributed by atoms with Crippen LogP contribution in [0.3, 0.4) is 0 Å². The molecule has 1 aromatic heterocycles. The van der Waals surface area contributed by atoms with Crippen LogP contribution in [0.4, 0.5) is 4.79 Å². The average molecular weight is 237 g/mol. The summed E-state index contributed by atoms with van der Waals surface area (Å²) in [6, 6.07) is 1.79. The molecule has 0 N–H and O–H groups in total. The smallest absolute Gasteiger partial charge is 0.437 e. The van der Waals surface area contributed by atoms with Gasteiger partial charge in [-0.2, -0.15) is 0 Å². The first-order chi connectivity index (χ1) is 5.24. The van der Waals surface area contributed by atoms with Crippen molar-refractivity contribution >= 4 is 33.4 Å². The minimum Gasteiger partial charge on any atom is -0.437 e. The fraction of sp³-hybridized carbons (Fsp3) is 0.167. The highest BCUT2D eigenvalue weighted by atomic mass is 79.9. The molecule has 0 radical (unpaired) electrons. The summed E-state index contributed by atoms with van der Waals surface area (Å²) < 4.78 is 9.81. The third-order valence-electron chi connectivity index (χ3n) is 0.927. The normalized spacial score (nSPS) is 9.27. The van der Waals surface area contributed by atoms with Crippen LogP contribution >= 0.6 is 27.3 Å². The number of halogens is 1. The van der Waals surface area contributed by atoms with Gasteiger partial charge in [0.25, 0.3) is 0 Å². The fourth-order valence-corrected chi connectivity index (χ4v) is 1.76. The van der Waals surface area contributed by atoms with E-state index in [4.69, 9.17) is 4.74 Å². The molecule has 0 atom stereocenters. The number of rotatable bonds is 1. The van der Waals surface area contributed by atoms with Crippen molar-refractivity contribution in [3.63, 3.8) is 0 Å². The van der Waals surface area contributed by atoms with Crippen LogP contribution in [0.15, 0.2) is 15.9 Å². The van der Waals surface area contributed by atoms with Crippen molar-refractivity contribution in [2.75, 3.05) is 7.11 Å². The number of hydrogen-bond donors (Lipinski definition) is 0. The molecule has 0 amide bonds. The molecule has 1 rings (SSSR count). The zero-order valence-electron chi connectivity index (χ0n) is 5.67. The molecule has 0 saturated carbocycles. The standard InChI is InChI=1S/C6H5BrO3S/c1-9-6(8)10-5-4(7)2-3-11-5/h2-3H,1H3. The fourth-order valence-electron chi connectivity index (χ4n) is 0.470. The first-order valence-electron chi connectivity index (χ1n) is 2.73. The second-order valence-electron chi connectivity index (χ2n) is 1.61. The topological polar surface area (TPSA) is 35.5 Å². The first kappa shape index (κ1) is 8.55. The molecule has 0 saturated heterocycles. The Bertz CT molecular complexity index is 258. The third kappa shape index (κ3) is 2.20. The van der Waals surface area contributed by atoms with Gasteiger partial charge in [0.2, 0.25) is 5.06 Å². The SMILES string of the molecule is COC(=O)Oc1sccc1Br. The van der Waals surface area contributed by atoms with Crippen LogP contribution in [0, 0.1) is 0 Å². The number of hydrogen-bond acceptors (Lipinski definition) is 4. The van der Waals surface area contributed by atoms with Gasteiger partial charge in [0.15, 0.2) is 0 Å². The lowest BCUT2D eigenvalue weighted by molar-refractivity contribution is 0.122. The van der Waals surface area contributed by atoms with Crippen molar-refractivity contribution in [2.24, 2.45) is 0 Å². The predicted octanol–water partition coefficient (Wildman–Crippen LogP) is 2.66. The Morgan fingerprint density at radius 3 is 2.91 bits per heavy atom. The lowest BCUT2D eigenvalue weighted by Crippen LogP contribution is -2.06. The number of methoxy groups -OCH3 is 1. The Kier molecular flexibility index (Phi) is 2.90. The highest BCUT2D eigenvalue weighted by molar-refractivity contribution is 9.10. The molecule has 60 valence electrons. The van der Waals surface area contributed by atoms with Gasteiger partial charge in [0, 0.05) is 0 Å². The molecule has 0 spiro atoms. The van der Waals surface area contributed by atoms with Gasteiger partial charge in [-0.15, -0.1) is 11.3 Å². The quantitative estimate of drug-likeness (QED) is 0.704. The van der Waals surface area contributed by atoms with Crippen molar-refractivity contribution in [3.05, 3.63) is 15.9 Å². The minimum absolute atomic E-state index is 0.511. The van der Waals surface area contributed by atoms with Crippen LogP contribution < -0.4 is 4.74 Å². The average Bonchev–Trinajstić information content (AvgIpc) is 2.37. The Morgan fingerprint density at radius 2 is 2.45 bits per heavy atom. The summed E-state index contributed by atoms with van der Waals surface area (Å²) in [7, 11) is 1.27. The maximum absolute atomic E-state index is 10.6. The molecule has 0 aliphatic heterocycles. The molecule has 0 aliphatic rings. The minimum atomic E-state index is -0.701. The van der Waals surface area contributed by atoms with Gasteiger partial charge in [0.1, 0.15) is 0 Å². The molecule has 0 aliphatic carbocycles. The summed E-state index contributed by atoms with van der Waals surface area (Å²) in [5.41, 5.74) is 0. The summed E-state index contributed by atoms with van der Waals surface area (Å²) in [5.74, 6) is 0. The molecule has 5 heteroatoms. The number of thiophene rings is 1. The van der Waals surface area contributed by atoms with Crippen molar-refractivity contribution in [2.45, 2.75) is 0 Å². The largest absolute Gasteiger partial charge is 0.514 e. The Hall–Kier alpha value is -0.550. The Morgan fingerprint density at radius 1 is 1.73 bits per heavy atom. The van der Waals surface area contributed by atoms with Gasteiger partial charge < -0.3 is 9.47 Å². The highest BCUT2D eigenvalue weighted by Crippen LogP contribution is 2.31. The van der Waals surface area contributed by atoms with Crippen molar-refractivity contribution in [1.29, 1.82) is 0 Å². The number of carbonyl (C=O) groups is 1. The molecule has 0 aromatic carbocycles. The maximum atomic E-state index is 10.6. The van der Waals surface area contributed by atoms with E-state index in [1.165, 1.54) is 18.4 Å². The van der Waals surface area contributed by atoms with Gasteiger partial charge in [0.05, 0.1) is 11.6 Å². The molecule has 11 heavy (non-hydrogen) atoms. The summed E-state index contributed by atoms with van der Waals surface area (Å²) in [5, 5.41) is 2.32. The van der Waals surface area contributed by atoms with E-state index < -0.39 is 6.16 Å². The van der Waals surface area contributed by atoms with Gasteiger partial charge in [-0.3, -0.25) is 0 Å². The van der Waals surface area contributed by atoms with Crippen molar-refractivity contribution in [1.82, 2.24) is 0 Å². The van der Waals surface area contributed by atoms with Gasteiger partial charge in [-0.25, -0.2) is 4.79 Å². The molecule has 3 nitrogen and oxygen atoms in total. The highest BCUT2D eigenvalue weighted by Gasteiger charge is 2.07. The Labute approximate surface area is 76.1 Å². The van der Waals surface area contributed by atoms with E-state index in [2.05, 4.69) is 20.7 Å². The summed E-state index contributed by atoms with van der Waals surface area (Å²) >= 11 is 4.52. The van der Waals surface area contributed by atoms with Gasteiger partial charge in [-0.1, -0.05) is 0 Å². The monoisotopic (exact) mass is 236 g/mol. The summed E-state index contributed by atoms with van der Waals surface area (Å²) in [4.78, 5) is 10.6. The van der Waals surface area contributed by atoms with Crippen LogP contribution in [0.1, 0.15) is 0 Å². The Balaban J connectivity index is 2.64. The van der Waals surface area contributed by atoms with E-state index >= 15 is 0 Å². The zero-order valence-corrected chi connectivity index (χ0v) is 8.07. The number of carbonyl (C=O) groups excluding carboxylic acids is 1. The first-order valence-corrected chi connectivity index (χ1v) is 4.40. The van der Waals surface area contributed by atoms with E-state index in [0.29, 0.717) is 5.06 Å². The van der Waals surface area contributed by atoms with Gasteiger partial charge in [-0.05, 0) is 27.4 Å². The lowest BCUT2D eigenvalue weighted by Gasteiger charge is -1.98. The summed E-state index contributed by atoms with van der Waals surface area (Å²) in [6.45, 7) is 0. The summed E-state index contributed by atoms with van der Waals surface area (Å²) in [6.07, 6.45) is -0.701. The molecule has 1 heterocycles. The van der Waals surface area contributed by atoms with E-state index in [9.17, 15) is 4.79 Å². The van der Waals surface area contributed by atoms with Crippen LogP contribution in [0.2, 0.25) is 0 Å². The maximum Gasteiger partial charge on any atom is 0.514 e. The lowest BCUT2D eigenvalue weighted by atomic mass is 10.6. The zero-order chi connectivity index (χ0) is 8.27. The predicted molar refractivity (Wildman–Crippen MR) is 45.1 cm³/mol. The van der Waals surface area contributed by atoms with Crippen molar-refractivity contribution < 1.29 is 14.3 Å². The van der Waals surface area contributed by atoms with E-state index in [-0.39, 0.29) is 0 Å². The van der Waals surface area contributed by atoms with Gasteiger partial charge >= 0.3 is 6.16 Å². The molecule has 0 bridgehead atoms. The third-order valence-corrected chi connectivity index (χ3v) is 2.60. The molecular formula is C6H5BrO3S. The van der Waals surface area contributed by atoms with Crippen LogP contribution in [0.25, 0.3) is 0 Å². The molecular weight excluding hydrogens is 232 g/mol. The van der Waals surface area contributed by atoms with Crippen molar-refractivity contribution in [3.8, 4) is 5.06 Å². The van der Waals surface area contributed by atoms with E-state index in [1.807, 2.05) is 5.38 Å². The van der Waals surface area contributed by atoms with Crippen LogP contribution in [-0.4, -0.2) is 13.3 Å². The second-order valence-corrected chi connectivity index (χ2v) is 3.35. The van der Waals surface area contributed by atoms with Crippen LogP contribution in [-0.2, 0) is 4.74 Å².